The van der Waals surface area contributed by atoms with Crippen molar-refractivity contribution < 1.29 is 4.92 Å². The molecule has 0 atom stereocenters. The Bertz CT molecular complexity index is 330. The molecule has 0 fully saturated rings. The maximum atomic E-state index is 10.3. The summed E-state index contributed by atoms with van der Waals surface area (Å²) in [6, 6.07) is 6.18. The van der Waals surface area contributed by atoms with Crippen LogP contribution >= 0.6 is 0 Å². The zero-order valence-corrected chi connectivity index (χ0v) is 7.15. The Morgan fingerprint density at radius 3 is 2.42 bits per heavy atom. The summed E-state index contributed by atoms with van der Waals surface area (Å²) in [6.45, 7) is 0. The molecule has 0 bridgehead atoms. The van der Waals surface area contributed by atoms with E-state index >= 15 is 0 Å². The van der Waals surface area contributed by atoms with E-state index in [1.165, 1.54) is 12.1 Å². The topological polar surface area (TPSA) is 43.1 Å². The fourth-order valence-corrected chi connectivity index (χ4v) is 0.755. The lowest BCUT2D eigenvalue weighted by Crippen LogP contribution is -1.90. The molecule has 1 rings (SSSR count). The molecule has 0 spiro atoms. The van der Waals surface area contributed by atoms with E-state index in [0.717, 1.165) is 0 Å². The molecule has 58 valence electrons. The highest BCUT2D eigenvalue weighted by Crippen LogP contribution is 2.15. The number of hydrogen-bond acceptors (Lipinski definition) is 2. The van der Waals surface area contributed by atoms with Gasteiger partial charge in [-0.05, 0) is 6.07 Å². The van der Waals surface area contributed by atoms with Crippen molar-refractivity contribution in [2.24, 2.45) is 0 Å². The number of nitro benzene ring substituents is 1. The summed E-state index contributed by atoms with van der Waals surface area (Å²) in [7, 11) is 0. The first-order valence-electron chi connectivity index (χ1n) is 2.95. The minimum atomic E-state index is -0.491. The normalized spacial score (nSPS) is 7.92. The average molecular weight is 175 g/mol. The molecule has 0 N–H and O–H groups in total. The molecule has 4 heteroatoms. The van der Waals surface area contributed by atoms with Gasteiger partial charge in [0.25, 0.3) is 5.69 Å². The Morgan fingerprint density at radius 1 is 1.42 bits per heavy atom. The Hall–Kier alpha value is -1.60. The summed E-state index contributed by atoms with van der Waals surface area (Å²) >= 11 is 0. The molecule has 0 aliphatic heterocycles. The molecule has 0 aliphatic carbocycles. The summed E-state index contributed by atoms with van der Waals surface area (Å²) < 4.78 is 0. The van der Waals surface area contributed by atoms with E-state index in [1.54, 1.807) is 12.1 Å². The fourth-order valence-electron chi connectivity index (χ4n) is 0.755. The smallest absolute Gasteiger partial charge is 0.258 e. The van der Waals surface area contributed by atoms with Gasteiger partial charge in [0.15, 0.2) is 0 Å². The van der Waals surface area contributed by atoms with Crippen molar-refractivity contribution in [1.29, 1.82) is 0 Å². The number of nitrogens with zero attached hydrogens (tertiary/aromatic N) is 1. The molecule has 0 aromatic heterocycles. The number of nitro groups is 1. The summed E-state index contributed by atoms with van der Waals surface area (Å²) in [5.41, 5.74) is 0.299. The van der Waals surface area contributed by atoms with E-state index in [2.05, 4.69) is 5.92 Å². The van der Waals surface area contributed by atoms with Crippen LogP contribution in [-0.2, 0) is 0 Å². The standard InChI is InChI=1S/C8H5NO2.Si/c1-2-7-5-3-4-6-8(7)9(10)11;/h1,3-6H;. The number of terminal acetylenes is 1. The Morgan fingerprint density at radius 2 is 2.00 bits per heavy atom. The maximum Gasteiger partial charge on any atom is 0.284 e. The van der Waals surface area contributed by atoms with Gasteiger partial charge >= 0.3 is 0 Å². The quantitative estimate of drug-likeness (QED) is 0.278. The number of benzene rings is 1. The van der Waals surface area contributed by atoms with Crippen LogP contribution in [0.3, 0.4) is 0 Å². The van der Waals surface area contributed by atoms with E-state index in [-0.39, 0.29) is 16.7 Å². The molecule has 4 radical (unpaired) electrons. The molecule has 0 aliphatic rings. The lowest BCUT2D eigenvalue weighted by molar-refractivity contribution is -0.385. The maximum absolute atomic E-state index is 10.3. The minimum absolute atomic E-state index is 0. The average Bonchev–Trinajstić information content (AvgIpc) is 2.04. The van der Waals surface area contributed by atoms with Crippen LogP contribution in [0.2, 0.25) is 0 Å². The molecule has 0 saturated carbocycles. The zero-order valence-electron chi connectivity index (χ0n) is 6.15. The Kier molecular flexibility index (Phi) is 3.74. The summed E-state index contributed by atoms with van der Waals surface area (Å²) in [5.74, 6) is 2.24. The van der Waals surface area contributed by atoms with Crippen LogP contribution in [0.5, 0.6) is 0 Å². The van der Waals surface area contributed by atoms with Gasteiger partial charge in [0.2, 0.25) is 0 Å². The molecule has 3 nitrogen and oxygen atoms in total. The van der Waals surface area contributed by atoms with Gasteiger partial charge in [-0.15, -0.1) is 6.42 Å². The second-order valence-corrected chi connectivity index (χ2v) is 1.92. The highest BCUT2D eigenvalue weighted by Gasteiger charge is 2.08. The van der Waals surface area contributed by atoms with Crippen molar-refractivity contribution in [3.8, 4) is 12.3 Å². The van der Waals surface area contributed by atoms with Crippen LogP contribution in [-0.4, -0.2) is 15.9 Å². The first-order valence-corrected chi connectivity index (χ1v) is 2.95. The molecule has 12 heavy (non-hydrogen) atoms. The molecule has 0 heterocycles. The summed E-state index contributed by atoms with van der Waals surface area (Å²) in [4.78, 5) is 9.80. The molecule has 1 aromatic rings. The third-order valence-electron chi connectivity index (χ3n) is 1.26. The van der Waals surface area contributed by atoms with Crippen LogP contribution in [0.25, 0.3) is 0 Å². The molecule has 0 amide bonds. The van der Waals surface area contributed by atoms with Crippen molar-refractivity contribution >= 4 is 16.7 Å². The highest BCUT2D eigenvalue weighted by molar-refractivity contribution is 5.75. The van der Waals surface area contributed by atoms with E-state index < -0.39 is 4.92 Å². The van der Waals surface area contributed by atoms with Gasteiger partial charge in [-0.1, -0.05) is 18.1 Å². The second-order valence-electron chi connectivity index (χ2n) is 1.92. The Labute approximate surface area is 74.6 Å². The largest absolute Gasteiger partial charge is 0.284 e. The molecular weight excluding hydrogens is 170 g/mol. The SMILES string of the molecule is C#Cc1ccccc1[N+](=O)[O-].[Si]. The highest BCUT2D eigenvalue weighted by atomic mass is 28.1. The van der Waals surface area contributed by atoms with Gasteiger partial charge in [0.1, 0.15) is 5.56 Å². The number of hydrogen-bond donors (Lipinski definition) is 0. The first kappa shape index (κ1) is 10.4. The van der Waals surface area contributed by atoms with Crippen molar-refractivity contribution in [1.82, 2.24) is 0 Å². The van der Waals surface area contributed by atoms with Gasteiger partial charge in [-0.3, -0.25) is 10.1 Å². The Balaban J connectivity index is 0.00000121. The number of rotatable bonds is 1. The van der Waals surface area contributed by atoms with Crippen molar-refractivity contribution in [2.75, 3.05) is 0 Å². The lowest BCUT2D eigenvalue weighted by atomic mass is 10.2. The van der Waals surface area contributed by atoms with Crippen molar-refractivity contribution in [3.05, 3.63) is 39.9 Å². The van der Waals surface area contributed by atoms with Crippen LogP contribution in [0.15, 0.2) is 24.3 Å². The van der Waals surface area contributed by atoms with Gasteiger partial charge < -0.3 is 0 Å². The lowest BCUT2D eigenvalue weighted by Gasteiger charge is -1.92. The van der Waals surface area contributed by atoms with Crippen molar-refractivity contribution in [3.63, 3.8) is 0 Å². The fraction of sp³-hybridized carbons (Fsp3) is 0. The molecular formula is C8H5NO2Si. The molecule has 1 aromatic carbocycles. The predicted molar refractivity (Wildman–Crippen MR) is 46.8 cm³/mol. The first-order chi connectivity index (χ1) is 5.25. The molecule has 0 saturated heterocycles. The van der Waals surface area contributed by atoms with E-state index in [1.807, 2.05) is 0 Å². The third-order valence-corrected chi connectivity index (χ3v) is 1.26. The van der Waals surface area contributed by atoms with Crippen LogP contribution < -0.4 is 0 Å². The summed E-state index contributed by atoms with van der Waals surface area (Å²) in [6.07, 6.45) is 5.03. The van der Waals surface area contributed by atoms with E-state index in [9.17, 15) is 10.1 Å². The summed E-state index contributed by atoms with van der Waals surface area (Å²) in [5, 5.41) is 10.3. The minimum Gasteiger partial charge on any atom is -0.258 e. The molecule has 0 unspecified atom stereocenters. The second kappa shape index (κ2) is 4.31. The van der Waals surface area contributed by atoms with Gasteiger partial charge in [0, 0.05) is 17.0 Å². The van der Waals surface area contributed by atoms with Crippen molar-refractivity contribution in [2.45, 2.75) is 0 Å². The van der Waals surface area contributed by atoms with Crippen LogP contribution in [0.4, 0.5) is 5.69 Å². The van der Waals surface area contributed by atoms with Gasteiger partial charge in [0.05, 0.1) is 4.92 Å². The number of para-hydroxylation sites is 1. The van der Waals surface area contributed by atoms with Gasteiger partial charge in [-0.25, -0.2) is 0 Å². The van der Waals surface area contributed by atoms with Crippen LogP contribution in [0.1, 0.15) is 5.56 Å². The van der Waals surface area contributed by atoms with E-state index in [0.29, 0.717) is 5.56 Å². The monoisotopic (exact) mass is 175 g/mol. The van der Waals surface area contributed by atoms with E-state index in [4.69, 9.17) is 6.42 Å². The van der Waals surface area contributed by atoms with Gasteiger partial charge in [-0.2, -0.15) is 0 Å². The predicted octanol–water partition coefficient (Wildman–Crippen LogP) is 1.20. The third kappa shape index (κ3) is 1.94. The zero-order chi connectivity index (χ0) is 8.27. The van der Waals surface area contributed by atoms with Crippen LogP contribution in [0, 0.1) is 22.5 Å².